The van der Waals surface area contributed by atoms with Crippen LogP contribution in [0, 0.1) is 0 Å². The highest BCUT2D eigenvalue weighted by Crippen LogP contribution is 2.21. The Morgan fingerprint density at radius 3 is 2.68 bits per heavy atom. The fraction of sp³-hybridized carbons (Fsp3) is 0.105. The number of aryl methyl sites for hydroxylation is 1. The molecule has 0 radical (unpaired) electrons. The maximum absolute atomic E-state index is 12.6. The van der Waals surface area contributed by atoms with Gasteiger partial charge in [-0.2, -0.15) is 5.10 Å². The van der Waals surface area contributed by atoms with Crippen molar-refractivity contribution in [2.75, 3.05) is 5.32 Å². The summed E-state index contributed by atoms with van der Waals surface area (Å²) in [7, 11) is 1.94. The number of aromatic nitrogens is 4. The van der Waals surface area contributed by atoms with E-state index in [-0.39, 0.29) is 5.91 Å². The largest absolute Gasteiger partial charge is 0.350 e. The standard InChI is InChI=1S/C19H17N5O/c1-23-11-17(16-4-2-3-5-18(16)23)19(25)22-15-8-6-14(7-9-15)10-24-13-20-12-21-24/h2-9,11-13H,10H2,1H3,(H,22,25). The highest BCUT2D eigenvalue weighted by Gasteiger charge is 2.13. The molecule has 2 aromatic heterocycles. The van der Waals surface area contributed by atoms with Crippen molar-refractivity contribution in [2.24, 2.45) is 7.05 Å². The molecule has 2 aromatic carbocycles. The van der Waals surface area contributed by atoms with Crippen molar-refractivity contribution in [3.63, 3.8) is 0 Å². The van der Waals surface area contributed by atoms with Gasteiger partial charge in [-0.25, -0.2) is 9.67 Å². The van der Waals surface area contributed by atoms with E-state index in [4.69, 9.17) is 0 Å². The first kappa shape index (κ1) is 15.1. The van der Waals surface area contributed by atoms with Gasteiger partial charge in [-0.15, -0.1) is 0 Å². The fourth-order valence-corrected chi connectivity index (χ4v) is 2.92. The molecule has 25 heavy (non-hydrogen) atoms. The van der Waals surface area contributed by atoms with E-state index in [9.17, 15) is 4.79 Å². The zero-order valence-corrected chi connectivity index (χ0v) is 13.8. The van der Waals surface area contributed by atoms with Gasteiger partial charge in [0.1, 0.15) is 12.7 Å². The van der Waals surface area contributed by atoms with Gasteiger partial charge in [-0.3, -0.25) is 4.79 Å². The molecule has 6 heteroatoms. The molecule has 2 heterocycles. The van der Waals surface area contributed by atoms with Crippen LogP contribution in [-0.4, -0.2) is 25.2 Å². The molecular formula is C19H17N5O. The number of anilines is 1. The Morgan fingerprint density at radius 1 is 1.12 bits per heavy atom. The highest BCUT2D eigenvalue weighted by molar-refractivity contribution is 6.12. The summed E-state index contributed by atoms with van der Waals surface area (Å²) in [5.41, 5.74) is 3.56. The second-order valence-electron chi connectivity index (χ2n) is 5.91. The second-order valence-corrected chi connectivity index (χ2v) is 5.91. The van der Waals surface area contributed by atoms with Gasteiger partial charge in [0, 0.05) is 29.8 Å². The molecule has 0 aliphatic rings. The molecular weight excluding hydrogens is 314 g/mol. The summed E-state index contributed by atoms with van der Waals surface area (Å²) in [6, 6.07) is 15.6. The maximum Gasteiger partial charge on any atom is 0.257 e. The molecule has 0 bridgehead atoms. The first-order valence-electron chi connectivity index (χ1n) is 7.97. The molecule has 0 fully saturated rings. The van der Waals surface area contributed by atoms with Gasteiger partial charge in [0.15, 0.2) is 0 Å². The van der Waals surface area contributed by atoms with Crippen molar-refractivity contribution in [1.29, 1.82) is 0 Å². The van der Waals surface area contributed by atoms with E-state index in [1.807, 2.05) is 66.3 Å². The van der Waals surface area contributed by atoms with E-state index in [1.54, 1.807) is 11.0 Å². The van der Waals surface area contributed by atoms with E-state index < -0.39 is 0 Å². The minimum atomic E-state index is -0.110. The monoisotopic (exact) mass is 331 g/mol. The molecule has 1 amide bonds. The summed E-state index contributed by atoms with van der Waals surface area (Å²) in [6.07, 6.45) is 5.05. The number of nitrogens with one attached hydrogen (secondary N) is 1. The van der Waals surface area contributed by atoms with Crippen molar-refractivity contribution < 1.29 is 4.79 Å². The Hall–Kier alpha value is -3.41. The van der Waals surface area contributed by atoms with Crippen LogP contribution in [0.15, 0.2) is 67.4 Å². The van der Waals surface area contributed by atoms with Crippen LogP contribution >= 0.6 is 0 Å². The summed E-state index contributed by atoms with van der Waals surface area (Å²) in [5, 5.41) is 8.00. The normalized spacial score (nSPS) is 10.9. The molecule has 4 rings (SSSR count). The minimum absolute atomic E-state index is 0.110. The number of benzene rings is 2. The number of carbonyl (C=O) groups is 1. The summed E-state index contributed by atoms with van der Waals surface area (Å²) in [5.74, 6) is -0.110. The van der Waals surface area contributed by atoms with Crippen LogP contribution in [0.25, 0.3) is 10.9 Å². The van der Waals surface area contributed by atoms with Crippen molar-refractivity contribution in [1.82, 2.24) is 19.3 Å². The van der Waals surface area contributed by atoms with Crippen LogP contribution in [0.2, 0.25) is 0 Å². The molecule has 0 saturated carbocycles. The Labute approximate surface area is 144 Å². The molecule has 0 spiro atoms. The number of fused-ring (bicyclic) bond motifs is 1. The number of para-hydroxylation sites is 1. The summed E-state index contributed by atoms with van der Waals surface area (Å²) < 4.78 is 3.72. The van der Waals surface area contributed by atoms with Crippen LogP contribution in [0.5, 0.6) is 0 Å². The predicted octanol–water partition coefficient (Wildman–Crippen LogP) is 3.07. The minimum Gasteiger partial charge on any atom is -0.350 e. The van der Waals surface area contributed by atoms with Gasteiger partial charge in [-0.05, 0) is 23.8 Å². The topological polar surface area (TPSA) is 64.7 Å². The van der Waals surface area contributed by atoms with Gasteiger partial charge in [0.2, 0.25) is 0 Å². The van der Waals surface area contributed by atoms with Crippen LogP contribution in [-0.2, 0) is 13.6 Å². The first-order valence-corrected chi connectivity index (χ1v) is 7.97. The molecule has 0 aliphatic carbocycles. The van der Waals surface area contributed by atoms with Crippen molar-refractivity contribution in [2.45, 2.75) is 6.54 Å². The number of rotatable bonds is 4. The highest BCUT2D eigenvalue weighted by atomic mass is 16.1. The Balaban J connectivity index is 1.52. The molecule has 124 valence electrons. The fourth-order valence-electron chi connectivity index (χ4n) is 2.92. The van der Waals surface area contributed by atoms with Crippen molar-refractivity contribution in [3.05, 3.63) is 78.5 Å². The quantitative estimate of drug-likeness (QED) is 0.625. The van der Waals surface area contributed by atoms with E-state index in [0.717, 1.165) is 22.2 Å². The average Bonchev–Trinajstić information content (AvgIpc) is 3.25. The van der Waals surface area contributed by atoms with Crippen LogP contribution in [0.4, 0.5) is 5.69 Å². The van der Waals surface area contributed by atoms with Crippen LogP contribution in [0.3, 0.4) is 0 Å². The van der Waals surface area contributed by atoms with Gasteiger partial charge in [-0.1, -0.05) is 30.3 Å². The third kappa shape index (κ3) is 3.01. The molecule has 1 N–H and O–H groups in total. The van der Waals surface area contributed by atoms with E-state index >= 15 is 0 Å². The summed E-state index contributed by atoms with van der Waals surface area (Å²) in [6.45, 7) is 0.650. The first-order chi connectivity index (χ1) is 12.2. The lowest BCUT2D eigenvalue weighted by molar-refractivity contribution is 0.102. The summed E-state index contributed by atoms with van der Waals surface area (Å²) in [4.78, 5) is 16.6. The molecule has 0 saturated heterocycles. The number of carbonyl (C=O) groups excluding carboxylic acids is 1. The Bertz CT molecular complexity index is 1020. The van der Waals surface area contributed by atoms with Gasteiger partial charge >= 0.3 is 0 Å². The molecule has 0 aliphatic heterocycles. The third-order valence-electron chi connectivity index (χ3n) is 4.16. The van der Waals surface area contributed by atoms with Gasteiger partial charge in [0.05, 0.1) is 12.1 Å². The molecule has 6 nitrogen and oxygen atoms in total. The zero-order chi connectivity index (χ0) is 17.2. The number of amides is 1. The lowest BCUT2D eigenvalue weighted by Gasteiger charge is -2.06. The van der Waals surface area contributed by atoms with Crippen LogP contribution in [0.1, 0.15) is 15.9 Å². The van der Waals surface area contributed by atoms with Crippen molar-refractivity contribution in [3.8, 4) is 0 Å². The second kappa shape index (κ2) is 6.24. The van der Waals surface area contributed by atoms with Crippen molar-refractivity contribution >= 4 is 22.5 Å². The Morgan fingerprint density at radius 2 is 1.92 bits per heavy atom. The Kier molecular flexibility index (Phi) is 3.78. The van der Waals surface area contributed by atoms with E-state index in [0.29, 0.717) is 12.1 Å². The zero-order valence-electron chi connectivity index (χ0n) is 13.8. The number of hydrogen-bond acceptors (Lipinski definition) is 3. The van der Waals surface area contributed by atoms with E-state index in [1.165, 1.54) is 6.33 Å². The SMILES string of the molecule is Cn1cc(C(=O)Nc2ccc(Cn3cncn3)cc2)c2ccccc21. The third-order valence-corrected chi connectivity index (χ3v) is 4.16. The predicted molar refractivity (Wildman–Crippen MR) is 96.4 cm³/mol. The molecule has 4 aromatic rings. The van der Waals surface area contributed by atoms with Crippen LogP contribution < -0.4 is 5.32 Å². The van der Waals surface area contributed by atoms with E-state index in [2.05, 4.69) is 15.4 Å². The molecule has 0 unspecified atom stereocenters. The lowest BCUT2D eigenvalue weighted by Crippen LogP contribution is -2.11. The molecule has 0 atom stereocenters. The average molecular weight is 331 g/mol. The van der Waals surface area contributed by atoms with Gasteiger partial charge < -0.3 is 9.88 Å². The maximum atomic E-state index is 12.6. The van der Waals surface area contributed by atoms with Gasteiger partial charge in [0.25, 0.3) is 5.91 Å². The lowest BCUT2D eigenvalue weighted by atomic mass is 10.1. The number of nitrogens with zero attached hydrogens (tertiary/aromatic N) is 4. The summed E-state index contributed by atoms with van der Waals surface area (Å²) >= 11 is 0. The number of hydrogen-bond donors (Lipinski definition) is 1. The smallest absolute Gasteiger partial charge is 0.257 e.